The average Bonchev–Trinajstić information content (AvgIpc) is 3.08. The predicted molar refractivity (Wildman–Crippen MR) is 128 cm³/mol. The van der Waals surface area contributed by atoms with Crippen LogP contribution in [-0.4, -0.2) is 39.1 Å². The molecule has 7 nitrogen and oxygen atoms in total. The van der Waals surface area contributed by atoms with E-state index in [4.69, 9.17) is 9.47 Å². The number of amides is 2. The van der Waals surface area contributed by atoms with E-state index in [2.05, 4.69) is 5.32 Å². The summed E-state index contributed by atoms with van der Waals surface area (Å²) in [7, 11) is 3.92. The van der Waals surface area contributed by atoms with E-state index in [9.17, 15) is 9.59 Å². The fraction of sp³-hybridized carbons (Fsp3) is 0.154. The molecule has 0 radical (unpaired) electrons. The van der Waals surface area contributed by atoms with Crippen LogP contribution in [0.1, 0.15) is 5.56 Å². The Morgan fingerprint density at radius 3 is 2.21 bits per heavy atom. The van der Waals surface area contributed by atoms with Crippen molar-refractivity contribution in [1.29, 1.82) is 0 Å². The molecule has 1 N–H and O–H groups in total. The molecule has 0 spiro atoms. The third-order valence-corrected chi connectivity index (χ3v) is 5.58. The Morgan fingerprint density at radius 1 is 0.818 bits per heavy atom. The Labute approximate surface area is 191 Å². The minimum Gasteiger partial charge on any atom is -0.486 e. The van der Waals surface area contributed by atoms with E-state index >= 15 is 0 Å². The number of benzene rings is 3. The molecule has 33 heavy (non-hydrogen) atoms. The summed E-state index contributed by atoms with van der Waals surface area (Å²) in [6.07, 6.45) is 0. The van der Waals surface area contributed by atoms with Crippen molar-refractivity contribution >= 4 is 34.4 Å². The number of hydrogen-bond donors (Lipinski definition) is 1. The van der Waals surface area contributed by atoms with Gasteiger partial charge in [-0.3, -0.25) is 9.59 Å². The lowest BCUT2D eigenvalue weighted by Crippen LogP contribution is -2.32. The molecule has 166 valence electrons. The van der Waals surface area contributed by atoms with E-state index < -0.39 is 11.8 Å². The van der Waals surface area contributed by atoms with Gasteiger partial charge in [0.2, 0.25) is 0 Å². The van der Waals surface area contributed by atoms with Crippen molar-refractivity contribution in [3.8, 4) is 11.5 Å². The maximum atomic E-state index is 13.6. The molecule has 2 aliphatic heterocycles. The summed E-state index contributed by atoms with van der Waals surface area (Å²) < 4.78 is 11.2. The van der Waals surface area contributed by atoms with Gasteiger partial charge in [0.05, 0.1) is 11.3 Å². The third kappa shape index (κ3) is 3.78. The van der Waals surface area contributed by atoms with E-state index in [1.54, 1.807) is 18.2 Å². The van der Waals surface area contributed by atoms with Crippen LogP contribution in [0.25, 0.3) is 5.57 Å². The number of ether oxygens (including phenoxy) is 2. The van der Waals surface area contributed by atoms with Crippen molar-refractivity contribution in [2.24, 2.45) is 0 Å². The number of carbonyl (C=O) groups is 2. The van der Waals surface area contributed by atoms with Crippen molar-refractivity contribution < 1.29 is 19.1 Å². The molecule has 0 saturated heterocycles. The van der Waals surface area contributed by atoms with Crippen molar-refractivity contribution in [2.45, 2.75) is 0 Å². The van der Waals surface area contributed by atoms with Gasteiger partial charge < -0.3 is 19.7 Å². The monoisotopic (exact) mass is 441 g/mol. The fourth-order valence-electron chi connectivity index (χ4n) is 3.91. The van der Waals surface area contributed by atoms with Crippen molar-refractivity contribution in [2.75, 3.05) is 42.4 Å². The lowest BCUT2D eigenvalue weighted by molar-refractivity contribution is -0.120. The van der Waals surface area contributed by atoms with Gasteiger partial charge in [-0.25, -0.2) is 4.90 Å². The second kappa shape index (κ2) is 8.35. The number of hydrogen-bond acceptors (Lipinski definition) is 6. The number of fused-ring (bicyclic) bond motifs is 1. The number of carbonyl (C=O) groups excluding carboxylic acids is 2. The van der Waals surface area contributed by atoms with E-state index in [0.29, 0.717) is 47.2 Å². The van der Waals surface area contributed by atoms with Gasteiger partial charge in [-0.1, -0.05) is 30.3 Å². The summed E-state index contributed by atoms with van der Waals surface area (Å²) >= 11 is 0. The Hall–Kier alpha value is -4.26. The van der Waals surface area contributed by atoms with Gasteiger partial charge in [0.15, 0.2) is 11.5 Å². The molecule has 7 heteroatoms. The smallest absolute Gasteiger partial charge is 0.282 e. The van der Waals surface area contributed by atoms with E-state index in [1.807, 2.05) is 73.6 Å². The summed E-state index contributed by atoms with van der Waals surface area (Å²) in [4.78, 5) is 30.3. The molecule has 5 rings (SSSR count). The Morgan fingerprint density at radius 2 is 1.52 bits per heavy atom. The number of nitrogens with one attached hydrogen (secondary N) is 1. The van der Waals surface area contributed by atoms with E-state index in [-0.39, 0.29) is 5.70 Å². The number of anilines is 3. The van der Waals surface area contributed by atoms with Gasteiger partial charge in [-0.2, -0.15) is 0 Å². The van der Waals surface area contributed by atoms with Crippen LogP contribution in [0.15, 0.2) is 78.5 Å². The fourth-order valence-corrected chi connectivity index (χ4v) is 3.91. The van der Waals surface area contributed by atoms with Gasteiger partial charge in [-0.15, -0.1) is 0 Å². The van der Waals surface area contributed by atoms with Crippen molar-refractivity contribution in [1.82, 2.24) is 0 Å². The SMILES string of the molecule is CN(C)c1ccc(NC2=C(c3ccccc3)C(=O)N(c3ccc4c(c3)OCCO4)C2=O)cc1. The molecule has 0 aliphatic carbocycles. The van der Waals surface area contributed by atoms with Crippen LogP contribution in [0.4, 0.5) is 17.1 Å². The molecule has 2 amide bonds. The summed E-state index contributed by atoms with van der Waals surface area (Å²) in [5.41, 5.74) is 3.41. The minimum absolute atomic E-state index is 0.235. The van der Waals surface area contributed by atoms with E-state index in [1.165, 1.54) is 4.90 Å². The molecule has 3 aromatic carbocycles. The first-order valence-corrected chi connectivity index (χ1v) is 10.7. The summed E-state index contributed by atoms with van der Waals surface area (Å²) in [6, 6.07) is 22.0. The largest absolute Gasteiger partial charge is 0.486 e. The zero-order chi connectivity index (χ0) is 22.9. The summed E-state index contributed by atoms with van der Waals surface area (Å²) in [6.45, 7) is 0.885. The highest BCUT2D eigenvalue weighted by Gasteiger charge is 2.40. The number of nitrogens with zero attached hydrogens (tertiary/aromatic N) is 2. The lowest BCUT2D eigenvalue weighted by atomic mass is 10.0. The molecule has 0 saturated carbocycles. The number of imide groups is 1. The molecule has 2 aliphatic rings. The van der Waals surface area contributed by atoms with Crippen LogP contribution in [-0.2, 0) is 9.59 Å². The topological polar surface area (TPSA) is 71.1 Å². The van der Waals surface area contributed by atoms with Crippen molar-refractivity contribution in [3.05, 3.63) is 84.1 Å². The molecule has 0 aromatic heterocycles. The van der Waals surface area contributed by atoms with Crippen LogP contribution in [0.3, 0.4) is 0 Å². The summed E-state index contributed by atoms with van der Waals surface area (Å²) in [5, 5.41) is 3.19. The van der Waals surface area contributed by atoms with Crippen LogP contribution >= 0.6 is 0 Å². The highest BCUT2D eigenvalue weighted by atomic mass is 16.6. The number of rotatable bonds is 5. The van der Waals surface area contributed by atoms with E-state index in [0.717, 1.165) is 5.69 Å². The quantitative estimate of drug-likeness (QED) is 0.605. The second-order valence-corrected chi connectivity index (χ2v) is 7.96. The van der Waals surface area contributed by atoms with Crippen LogP contribution < -0.4 is 24.6 Å². The first kappa shape index (κ1) is 20.6. The average molecular weight is 441 g/mol. The molecule has 0 fully saturated rings. The standard InChI is InChI=1S/C26H23N3O4/c1-28(2)19-10-8-18(9-11-19)27-24-23(17-6-4-3-5-7-17)25(30)29(26(24)31)20-12-13-21-22(16-20)33-15-14-32-21/h3-13,16,27H,14-15H2,1-2H3. The molecule has 3 aromatic rings. The molecule has 2 heterocycles. The Bertz CT molecular complexity index is 1250. The lowest BCUT2D eigenvalue weighted by Gasteiger charge is -2.21. The Balaban J connectivity index is 1.54. The second-order valence-electron chi connectivity index (χ2n) is 7.96. The highest BCUT2D eigenvalue weighted by Crippen LogP contribution is 2.38. The molecule has 0 unspecified atom stereocenters. The molecule has 0 bridgehead atoms. The Kier molecular flexibility index (Phi) is 5.22. The normalized spacial score (nSPS) is 15.2. The molecule has 0 atom stereocenters. The molecular formula is C26H23N3O4. The third-order valence-electron chi connectivity index (χ3n) is 5.58. The predicted octanol–water partition coefficient (Wildman–Crippen LogP) is 3.92. The zero-order valence-corrected chi connectivity index (χ0v) is 18.4. The molecular weight excluding hydrogens is 418 g/mol. The first-order chi connectivity index (χ1) is 16.0. The van der Waals surface area contributed by atoms with Crippen LogP contribution in [0, 0.1) is 0 Å². The van der Waals surface area contributed by atoms with Crippen LogP contribution in [0.5, 0.6) is 11.5 Å². The van der Waals surface area contributed by atoms with Gasteiger partial charge in [0.1, 0.15) is 18.9 Å². The first-order valence-electron chi connectivity index (χ1n) is 10.7. The maximum Gasteiger partial charge on any atom is 0.282 e. The van der Waals surface area contributed by atoms with Gasteiger partial charge in [0.25, 0.3) is 11.8 Å². The van der Waals surface area contributed by atoms with Gasteiger partial charge in [-0.05, 0) is 42.0 Å². The zero-order valence-electron chi connectivity index (χ0n) is 18.4. The van der Waals surface area contributed by atoms with Crippen LogP contribution in [0.2, 0.25) is 0 Å². The van der Waals surface area contributed by atoms with Gasteiger partial charge in [0, 0.05) is 31.5 Å². The summed E-state index contributed by atoms with van der Waals surface area (Å²) in [5.74, 6) is 0.295. The highest BCUT2D eigenvalue weighted by molar-refractivity contribution is 6.46. The minimum atomic E-state index is -0.424. The maximum absolute atomic E-state index is 13.6. The van der Waals surface area contributed by atoms with Crippen molar-refractivity contribution in [3.63, 3.8) is 0 Å². The van der Waals surface area contributed by atoms with Gasteiger partial charge >= 0.3 is 0 Å².